The second kappa shape index (κ2) is 4.92. The number of hydrogen-bond donors (Lipinski definition) is 2. The highest BCUT2D eigenvalue weighted by Crippen LogP contribution is 2.31. The van der Waals surface area contributed by atoms with Crippen LogP contribution in [-0.4, -0.2) is 16.2 Å². The van der Waals surface area contributed by atoms with Crippen LogP contribution in [0.25, 0.3) is 0 Å². The third-order valence-corrected chi connectivity index (χ3v) is 3.04. The van der Waals surface area contributed by atoms with Gasteiger partial charge < -0.3 is 10.2 Å². The first kappa shape index (κ1) is 12.2. The summed E-state index contributed by atoms with van der Waals surface area (Å²) in [6, 6.07) is 14.0. The fourth-order valence-corrected chi connectivity index (χ4v) is 1.96. The van der Waals surface area contributed by atoms with E-state index in [4.69, 9.17) is 5.11 Å². The van der Waals surface area contributed by atoms with E-state index in [1.165, 1.54) is 18.2 Å². The molecule has 0 aliphatic rings. The maximum absolute atomic E-state index is 10.9. The summed E-state index contributed by atoms with van der Waals surface area (Å²) in [6.07, 6.45) is 0. The van der Waals surface area contributed by atoms with Crippen LogP contribution in [-0.2, 0) is 0 Å². The van der Waals surface area contributed by atoms with E-state index in [1.807, 2.05) is 37.3 Å². The summed E-state index contributed by atoms with van der Waals surface area (Å²) >= 11 is 0. The van der Waals surface area contributed by atoms with E-state index in [0.717, 1.165) is 5.56 Å². The molecule has 18 heavy (non-hydrogen) atoms. The van der Waals surface area contributed by atoms with E-state index in [0.29, 0.717) is 5.56 Å². The average Bonchev–Trinajstić information content (AvgIpc) is 2.39. The molecule has 3 heteroatoms. The highest BCUT2D eigenvalue weighted by molar-refractivity contribution is 5.88. The van der Waals surface area contributed by atoms with Crippen molar-refractivity contribution in [2.75, 3.05) is 0 Å². The molecule has 0 bridgehead atoms. The van der Waals surface area contributed by atoms with Gasteiger partial charge in [-0.1, -0.05) is 37.3 Å². The van der Waals surface area contributed by atoms with Crippen molar-refractivity contribution in [3.8, 4) is 5.75 Å². The van der Waals surface area contributed by atoms with E-state index < -0.39 is 5.97 Å². The van der Waals surface area contributed by atoms with Gasteiger partial charge in [-0.25, -0.2) is 4.79 Å². The molecule has 1 unspecified atom stereocenters. The third-order valence-electron chi connectivity index (χ3n) is 3.04. The van der Waals surface area contributed by atoms with E-state index in [1.54, 1.807) is 0 Å². The number of phenols is 1. The van der Waals surface area contributed by atoms with Gasteiger partial charge in [0.25, 0.3) is 0 Å². The predicted octanol–water partition coefficient (Wildman–Crippen LogP) is 3.24. The molecule has 0 aliphatic carbocycles. The molecular weight excluding hydrogens is 228 g/mol. The number of benzene rings is 2. The first-order valence-corrected chi connectivity index (χ1v) is 5.70. The lowest BCUT2D eigenvalue weighted by Gasteiger charge is -2.14. The molecule has 0 saturated carbocycles. The molecule has 0 aliphatic heterocycles. The first-order valence-electron chi connectivity index (χ1n) is 5.70. The summed E-state index contributed by atoms with van der Waals surface area (Å²) < 4.78 is 0. The lowest BCUT2D eigenvalue weighted by molar-refractivity contribution is 0.0696. The van der Waals surface area contributed by atoms with Crippen LogP contribution < -0.4 is 0 Å². The second-order valence-electron chi connectivity index (χ2n) is 4.21. The number of hydrogen-bond acceptors (Lipinski definition) is 2. The van der Waals surface area contributed by atoms with Crippen molar-refractivity contribution in [1.29, 1.82) is 0 Å². The molecule has 3 nitrogen and oxygen atoms in total. The molecule has 0 spiro atoms. The quantitative estimate of drug-likeness (QED) is 0.868. The summed E-state index contributed by atoms with van der Waals surface area (Å²) in [5.41, 5.74) is 1.85. The molecule has 0 amide bonds. The van der Waals surface area contributed by atoms with Crippen LogP contribution in [0, 0.1) is 0 Å². The fourth-order valence-electron chi connectivity index (χ4n) is 1.96. The second-order valence-corrected chi connectivity index (χ2v) is 4.21. The minimum atomic E-state index is -0.989. The highest BCUT2D eigenvalue weighted by atomic mass is 16.4. The van der Waals surface area contributed by atoms with Gasteiger partial charge in [-0.2, -0.15) is 0 Å². The van der Waals surface area contributed by atoms with Crippen molar-refractivity contribution in [3.63, 3.8) is 0 Å². The van der Waals surface area contributed by atoms with E-state index >= 15 is 0 Å². The molecule has 0 radical (unpaired) electrons. The number of aromatic carboxylic acids is 1. The van der Waals surface area contributed by atoms with Crippen molar-refractivity contribution >= 4 is 5.97 Å². The van der Waals surface area contributed by atoms with Gasteiger partial charge in [0.05, 0.1) is 5.56 Å². The predicted molar refractivity (Wildman–Crippen MR) is 69.0 cm³/mol. The molecule has 2 aromatic carbocycles. The molecule has 0 aromatic heterocycles. The van der Waals surface area contributed by atoms with Gasteiger partial charge in [-0.3, -0.25) is 0 Å². The Morgan fingerprint density at radius 3 is 2.39 bits per heavy atom. The van der Waals surface area contributed by atoms with Crippen LogP contribution in [0.4, 0.5) is 0 Å². The molecular formula is C15H14O3. The molecule has 2 rings (SSSR count). The molecule has 2 aromatic rings. The van der Waals surface area contributed by atoms with Gasteiger partial charge >= 0.3 is 5.97 Å². The van der Waals surface area contributed by atoms with Crippen LogP contribution in [0.1, 0.15) is 34.3 Å². The Morgan fingerprint density at radius 2 is 1.78 bits per heavy atom. The fraction of sp³-hybridized carbons (Fsp3) is 0.133. The van der Waals surface area contributed by atoms with Gasteiger partial charge in [0, 0.05) is 11.5 Å². The Hall–Kier alpha value is -2.29. The summed E-state index contributed by atoms with van der Waals surface area (Å²) in [4.78, 5) is 10.9. The summed E-state index contributed by atoms with van der Waals surface area (Å²) in [7, 11) is 0. The van der Waals surface area contributed by atoms with Crippen molar-refractivity contribution in [3.05, 3.63) is 65.2 Å². The number of carboxylic acids is 1. The van der Waals surface area contributed by atoms with Crippen molar-refractivity contribution in [1.82, 2.24) is 0 Å². The monoisotopic (exact) mass is 242 g/mol. The molecule has 0 fully saturated rings. The standard InChI is InChI=1S/C15H14O3/c1-10(11-5-3-2-4-6-11)13-9-12(15(17)18)7-8-14(13)16/h2-10,16H,1H3,(H,17,18). The number of carbonyl (C=O) groups is 1. The van der Waals surface area contributed by atoms with Crippen LogP contribution in [0.15, 0.2) is 48.5 Å². The van der Waals surface area contributed by atoms with E-state index in [9.17, 15) is 9.90 Å². The number of phenolic OH excluding ortho intramolecular Hbond substituents is 1. The maximum Gasteiger partial charge on any atom is 0.335 e. The zero-order valence-corrected chi connectivity index (χ0v) is 10.00. The Morgan fingerprint density at radius 1 is 1.11 bits per heavy atom. The molecule has 92 valence electrons. The van der Waals surface area contributed by atoms with Crippen molar-refractivity contribution in [2.45, 2.75) is 12.8 Å². The van der Waals surface area contributed by atoms with Crippen LogP contribution >= 0.6 is 0 Å². The Kier molecular flexibility index (Phi) is 3.33. The molecule has 2 N–H and O–H groups in total. The maximum atomic E-state index is 10.9. The SMILES string of the molecule is CC(c1ccccc1)c1cc(C(=O)O)ccc1O. The normalized spacial score (nSPS) is 12.1. The zero-order chi connectivity index (χ0) is 13.1. The Labute approximate surface area is 105 Å². The number of aromatic hydroxyl groups is 1. The highest BCUT2D eigenvalue weighted by Gasteiger charge is 2.15. The first-order chi connectivity index (χ1) is 8.59. The van der Waals surface area contributed by atoms with E-state index in [-0.39, 0.29) is 17.2 Å². The van der Waals surface area contributed by atoms with Gasteiger partial charge in [0.15, 0.2) is 0 Å². The van der Waals surface area contributed by atoms with Crippen molar-refractivity contribution < 1.29 is 15.0 Å². The summed E-state index contributed by atoms with van der Waals surface area (Å²) in [5.74, 6) is -0.918. The minimum absolute atomic E-state index is 0.0505. The number of rotatable bonds is 3. The zero-order valence-electron chi connectivity index (χ0n) is 10.00. The van der Waals surface area contributed by atoms with Gasteiger partial charge in [0.2, 0.25) is 0 Å². The minimum Gasteiger partial charge on any atom is -0.508 e. The van der Waals surface area contributed by atoms with Crippen LogP contribution in [0.5, 0.6) is 5.75 Å². The molecule has 0 saturated heterocycles. The van der Waals surface area contributed by atoms with Gasteiger partial charge in [-0.05, 0) is 23.8 Å². The number of carboxylic acid groups (broad SMARTS) is 1. The van der Waals surface area contributed by atoms with Gasteiger partial charge in [0.1, 0.15) is 5.75 Å². The smallest absolute Gasteiger partial charge is 0.335 e. The topological polar surface area (TPSA) is 57.5 Å². The molecule has 0 heterocycles. The lowest BCUT2D eigenvalue weighted by Crippen LogP contribution is -2.01. The molecule has 1 atom stereocenters. The third kappa shape index (κ3) is 2.35. The Bertz CT molecular complexity index is 561. The van der Waals surface area contributed by atoms with E-state index in [2.05, 4.69) is 0 Å². The van der Waals surface area contributed by atoms with Crippen LogP contribution in [0.3, 0.4) is 0 Å². The summed E-state index contributed by atoms with van der Waals surface area (Å²) in [6.45, 7) is 1.94. The summed E-state index contributed by atoms with van der Waals surface area (Å²) in [5, 5.41) is 18.8. The van der Waals surface area contributed by atoms with Crippen LogP contribution in [0.2, 0.25) is 0 Å². The average molecular weight is 242 g/mol. The lowest BCUT2D eigenvalue weighted by atomic mass is 9.91. The van der Waals surface area contributed by atoms with Crippen molar-refractivity contribution in [2.24, 2.45) is 0 Å². The van der Waals surface area contributed by atoms with Gasteiger partial charge in [-0.15, -0.1) is 0 Å². The Balaban J connectivity index is 2.44. The largest absolute Gasteiger partial charge is 0.508 e.